The van der Waals surface area contributed by atoms with E-state index in [1.807, 2.05) is 24.3 Å². The Balaban J connectivity index is 0.000000142. The predicted molar refractivity (Wildman–Crippen MR) is 119 cm³/mol. The Kier molecular flexibility index (Phi) is 6.63. The maximum atomic E-state index is 11.9. The number of rotatable bonds is 4. The number of ether oxygens (including phenoxy) is 1. The molecule has 0 spiro atoms. The van der Waals surface area contributed by atoms with Gasteiger partial charge in [0.15, 0.2) is 5.78 Å². The molecule has 0 amide bonds. The van der Waals surface area contributed by atoms with Crippen LogP contribution in [-0.2, 0) is 10.3 Å². The number of hydrogen-bond acceptors (Lipinski definition) is 2. The molecule has 29 heavy (non-hydrogen) atoms. The van der Waals surface area contributed by atoms with Gasteiger partial charge in [-0.05, 0) is 61.4 Å². The fraction of sp³-hybridized carbons (Fsp3) is 0.480. The Bertz CT molecular complexity index is 847. The van der Waals surface area contributed by atoms with Crippen molar-refractivity contribution in [2.75, 3.05) is 6.61 Å². The standard InChI is InChI=1S/C13H15ClO.C12H13ClO/c14-12-7-3-6-11(8-12)13(9-15-13)10-4-1-2-5-10;13-11-7-3-6-10(8-11)12(14)9-4-1-2-5-9/h3,6-8,10H,1-2,4-5,9H2;3,6-9H,1-2,4-5H2. The molecule has 1 atom stereocenters. The number of Topliss-reactive ketones (excluding diaryl/α,β-unsaturated/α-hetero) is 1. The third-order valence-corrected chi connectivity index (χ3v) is 7.09. The maximum Gasteiger partial charge on any atom is 0.165 e. The van der Waals surface area contributed by atoms with E-state index in [1.54, 1.807) is 12.1 Å². The summed E-state index contributed by atoms with van der Waals surface area (Å²) in [5.74, 6) is 1.23. The molecule has 4 heteroatoms. The first-order chi connectivity index (χ1) is 14.1. The van der Waals surface area contributed by atoms with Gasteiger partial charge in [0.1, 0.15) is 5.60 Å². The van der Waals surface area contributed by atoms with Gasteiger partial charge in [-0.15, -0.1) is 0 Å². The molecule has 1 unspecified atom stereocenters. The third kappa shape index (κ3) is 4.87. The number of ketones is 1. The Morgan fingerprint density at radius 3 is 2.03 bits per heavy atom. The second-order valence-electron chi connectivity index (χ2n) is 8.53. The van der Waals surface area contributed by atoms with Crippen molar-refractivity contribution < 1.29 is 9.53 Å². The number of halogens is 2. The van der Waals surface area contributed by atoms with Gasteiger partial charge in [-0.1, -0.05) is 73.2 Å². The van der Waals surface area contributed by atoms with E-state index in [1.165, 1.54) is 44.1 Å². The summed E-state index contributed by atoms with van der Waals surface area (Å²) in [6.45, 7) is 0.887. The molecule has 0 aromatic heterocycles. The van der Waals surface area contributed by atoms with Gasteiger partial charge in [0.05, 0.1) is 6.61 Å². The smallest absolute Gasteiger partial charge is 0.165 e. The molecule has 3 aliphatic rings. The van der Waals surface area contributed by atoms with Gasteiger partial charge in [0, 0.05) is 21.5 Å². The molecule has 2 aromatic carbocycles. The maximum absolute atomic E-state index is 11.9. The highest BCUT2D eigenvalue weighted by Crippen LogP contribution is 2.51. The van der Waals surface area contributed by atoms with Crippen molar-refractivity contribution in [1.82, 2.24) is 0 Å². The SMILES string of the molecule is Clc1cccc(C2(C3CCCC3)CO2)c1.O=C(c1cccc(Cl)c1)C1CCCC1. The zero-order chi connectivity index (χ0) is 20.3. The molecule has 2 nitrogen and oxygen atoms in total. The van der Waals surface area contributed by atoms with E-state index in [9.17, 15) is 4.79 Å². The van der Waals surface area contributed by atoms with Crippen molar-refractivity contribution in [3.63, 3.8) is 0 Å². The van der Waals surface area contributed by atoms with E-state index in [-0.39, 0.29) is 17.3 Å². The minimum Gasteiger partial charge on any atom is -0.364 e. The first-order valence-electron chi connectivity index (χ1n) is 10.8. The van der Waals surface area contributed by atoms with Gasteiger partial charge in [-0.3, -0.25) is 4.79 Å². The molecule has 0 bridgehead atoms. The first-order valence-corrected chi connectivity index (χ1v) is 11.5. The fourth-order valence-corrected chi connectivity index (χ4v) is 5.31. The molecule has 5 rings (SSSR count). The summed E-state index contributed by atoms with van der Waals surface area (Å²) in [5.41, 5.74) is 2.08. The van der Waals surface area contributed by atoms with Crippen molar-refractivity contribution in [3.8, 4) is 0 Å². The molecule has 0 radical (unpaired) electrons. The summed E-state index contributed by atoms with van der Waals surface area (Å²) in [7, 11) is 0. The van der Waals surface area contributed by atoms with E-state index in [2.05, 4.69) is 12.1 Å². The Hall–Kier alpha value is -1.35. The molecule has 1 heterocycles. The zero-order valence-corrected chi connectivity index (χ0v) is 18.2. The van der Waals surface area contributed by atoms with Crippen LogP contribution >= 0.6 is 23.2 Å². The van der Waals surface area contributed by atoms with Gasteiger partial charge in [-0.2, -0.15) is 0 Å². The number of carbonyl (C=O) groups excluding carboxylic acids is 1. The minimum absolute atomic E-state index is 0.0292. The number of carbonyl (C=O) groups is 1. The average Bonchev–Trinajstić information content (AvgIpc) is 3.13. The summed E-state index contributed by atoms with van der Waals surface area (Å²) < 4.78 is 5.76. The molecular weight excluding hydrogens is 403 g/mol. The summed E-state index contributed by atoms with van der Waals surface area (Å²) in [4.78, 5) is 11.9. The minimum atomic E-state index is 0.0292. The summed E-state index contributed by atoms with van der Waals surface area (Å²) in [6.07, 6.45) is 9.82. The van der Waals surface area contributed by atoms with Crippen LogP contribution in [0.25, 0.3) is 0 Å². The second-order valence-corrected chi connectivity index (χ2v) is 9.40. The molecule has 1 aliphatic heterocycles. The van der Waals surface area contributed by atoms with Crippen molar-refractivity contribution in [1.29, 1.82) is 0 Å². The van der Waals surface area contributed by atoms with Gasteiger partial charge >= 0.3 is 0 Å². The van der Waals surface area contributed by atoms with E-state index in [4.69, 9.17) is 27.9 Å². The normalized spacial score (nSPS) is 24.2. The molecular formula is C25H28Cl2O2. The summed E-state index contributed by atoms with van der Waals surface area (Å²) >= 11 is 11.9. The fourth-order valence-electron chi connectivity index (χ4n) is 4.93. The molecule has 3 fully saturated rings. The second kappa shape index (κ2) is 9.20. The van der Waals surface area contributed by atoms with Crippen molar-refractivity contribution >= 4 is 29.0 Å². The molecule has 2 aliphatic carbocycles. The lowest BCUT2D eigenvalue weighted by molar-refractivity contribution is 0.0923. The van der Waals surface area contributed by atoms with Crippen LogP contribution in [-0.4, -0.2) is 12.4 Å². The lowest BCUT2D eigenvalue weighted by Crippen LogP contribution is -2.19. The highest BCUT2D eigenvalue weighted by molar-refractivity contribution is 6.31. The first kappa shape index (κ1) is 20.9. The predicted octanol–water partition coefficient (Wildman–Crippen LogP) is 7.47. The van der Waals surface area contributed by atoms with E-state index in [0.29, 0.717) is 5.02 Å². The van der Waals surface area contributed by atoms with Crippen molar-refractivity contribution in [3.05, 3.63) is 69.7 Å². The molecule has 154 valence electrons. The van der Waals surface area contributed by atoms with Crippen LogP contribution in [0.15, 0.2) is 48.5 Å². The van der Waals surface area contributed by atoms with Crippen LogP contribution in [0.1, 0.15) is 67.3 Å². The number of hydrogen-bond donors (Lipinski definition) is 0. The van der Waals surface area contributed by atoms with E-state index in [0.717, 1.165) is 36.0 Å². The Morgan fingerprint density at radius 2 is 1.45 bits per heavy atom. The summed E-state index contributed by atoms with van der Waals surface area (Å²) in [5, 5.41) is 1.47. The quantitative estimate of drug-likeness (QED) is 0.371. The Labute approximate surface area is 183 Å². The Morgan fingerprint density at radius 1 is 0.862 bits per heavy atom. The molecule has 0 N–H and O–H groups in total. The van der Waals surface area contributed by atoms with Crippen LogP contribution in [0.3, 0.4) is 0 Å². The third-order valence-electron chi connectivity index (χ3n) is 6.62. The van der Waals surface area contributed by atoms with Gasteiger partial charge in [0.2, 0.25) is 0 Å². The largest absolute Gasteiger partial charge is 0.364 e. The van der Waals surface area contributed by atoms with E-state index < -0.39 is 0 Å². The number of benzene rings is 2. The lowest BCUT2D eigenvalue weighted by atomic mass is 9.85. The van der Waals surface area contributed by atoms with Crippen LogP contribution in [0.4, 0.5) is 0 Å². The van der Waals surface area contributed by atoms with Gasteiger partial charge in [0.25, 0.3) is 0 Å². The zero-order valence-electron chi connectivity index (χ0n) is 16.7. The number of epoxide rings is 1. The highest BCUT2D eigenvalue weighted by atomic mass is 35.5. The van der Waals surface area contributed by atoms with Crippen LogP contribution in [0.2, 0.25) is 10.0 Å². The molecule has 2 aromatic rings. The molecule has 2 saturated carbocycles. The van der Waals surface area contributed by atoms with Crippen LogP contribution in [0.5, 0.6) is 0 Å². The lowest BCUT2D eigenvalue weighted by Gasteiger charge is -2.19. The van der Waals surface area contributed by atoms with E-state index >= 15 is 0 Å². The monoisotopic (exact) mass is 430 g/mol. The van der Waals surface area contributed by atoms with Crippen LogP contribution in [0, 0.1) is 11.8 Å². The van der Waals surface area contributed by atoms with Crippen molar-refractivity contribution in [2.45, 2.75) is 57.0 Å². The van der Waals surface area contributed by atoms with Gasteiger partial charge in [-0.25, -0.2) is 0 Å². The highest BCUT2D eigenvalue weighted by Gasteiger charge is 2.53. The molecule has 1 saturated heterocycles. The average molecular weight is 431 g/mol. The topological polar surface area (TPSA) is 29.6 Å². The van der Waals surface area contributed by atoms with Crippen LogP contribution < -0.4 is 0 Å². The van der Waals surface area contributed by atoms with Crippen molar-refractivity contribution in [2.24, 2.45) is 11.8 Å². The van der Waals surface area contributed by atoms with Gasteiger partial charge < -0.3 is 4.74 Å². The summed E-state index contributed by atoms with van der Waals surface area (Å²) in [6, 6.07) is 15.4.